The third-order valence-electron chi connectivity index (χ3n) is 3.93. The van der Waals surface area contributed by atoms with Gasteiger partial charge in [0.05, 0.1) is 24.6 Å². The van der Waals surface area contributed by atoms with Gasteiger partial charge in [-0.1, -0.05) is 30.3 Å². The van der Waals surface area contributed by atoms with Crippen LogP contribution in [0, 0.1) is 0 Å². The predicted octanol–water partition coefficient (Wildman–Crippen LogP) is 2.25. The van der Waals surface area contributed by atoms with Crippen LogP contribution >= 0.6 is 0 Å². The number of ether oxygens (including phenoxy) is 2. The van der Waals surface area contributed by atoms with Gasteiger partial charge in [0.25, 0.3) is 5.91 Å². The Morgan fingerprint density at radius 2 is 1.96 bits per heavy atom. The van der Waals surface area contributed by atoms with Crippen molar-refractivity contribution >= 4 is 5.91 Å². The van der Waals surface area contributed by atoms with Crippen LogP contribution in [0.1, 0.15) is 10.4 Å². The number of nitrogens with zero attached hydrogens (tertiary/aromatic N) is 1. The highest BCUT2D eigenvalue weighted by Crippen LogP contribution is 2.24. The second-order valence-electron chi connectivity index (χ2n) is 5.88. The fourth-order valence-corrected chi connectivity index (χ4v) is 2.53. The van der Waals surface area contributed by atoms with Gasteiger partial charge in [-0.3, -0.25) is 9.89 Å². The zero-order valence-corrected chi connectivity index (χ0v) is 14.9. The molecule has 3 N–H and O–H groups in total. The monoisotopic (exact) mass is 367 g/mol. The van der Waals surface area contributed by atoms with Crippen LogP contribution in [-0.2, 0) is 0 Å². The van der Waals surface area contributed by atoms with Crippen LogP contribution in [0.4, 0.5) is 0 Å². The van der Waals surface area contributed by atoms with Crippen molar-refractivity contribution in [2.45, 2.75) is 6.10 Å². The lowest BCUT2D eigenvalue weighted by molar-refractivity contribution is 0.0844. The number of aliphatic hydroxyl groups excluding tert-OH is 1. The van der Waals surface area contributed by atoms with Crippen LogP contribution < -0.4 is 14.8 Å². The van der Waals surface area contributed by atoms with Gasteiger partial charge >= 0.3 is 0 Å². The number of carbonyl (C=O) groups is 1. The Bertz CT molecular complexity index is 880. The Morgan fingerprint density at radius 1 is 1.19 bits per heavy atom. The van der Waals surface area contributed by atoms with Crippen LogP contribution in [0.15, 0.2) is 60.8 Å². The van der Waals surface area contributed by atoms with E-state index in [1.807, 2.05) is 42.5 Å². The molecule has 2 aromatic carbocycles. The quantitative estimate of drug-likeness (QED) is 0.567. The third-order valence-corrected chi connectivity index (χ3v) is 3.93. The number of H-pyrrole nitrogens is 1. The molecule has 0 spiro atoms. The molecule has 3 rings (SSSR count). The standard InChI is InChI=1S/C20H21N3O4/c1-26-17-9-5-6-14(10-17)19-18(12-22-23-19)20(25)21-11-15(24)13-27-16-7-3-2-4-8-16/h2-10,12,15,24H,11,13H2,1H3,(H,21,25)(H,22,23)/t15-/m0/s1. The summed E-state index contributed by atoms with van der Waals surface area (Å²) in [6, 6.07) is 16.5. The summed E-state index contributed by atoms with van der Waals surface area (Å²) in [5, 5.41) is 19.5. The van der Waals surface area contributed by atoms with Gasteiger partial charge < -0.3 is 19.9 Å². The molecule has 0 fully saturated rings. The molecule has 1 atom stereocenters. The van der Waals surface area contributed by atoms with Crippen molar-refractivity contribution in [3.63, 3.8) is 0 Å². The molecule has 0 aliphatic rings. The Morgan fingerprint density at radius 3 is 2.74 bits per heavy atom. The Kier molecular flexibility index (Phi) is 6.06. The molecule has 0 radical (unpaired) electrons. The second kappa shape index (κ2) is 8.86. The molecule has 0 saturated carbocycles. The van der Waals surface area contributed by atoms with Crippen molar-refractivity contribution in [2.75, 3.05) is 20.3 Å². The number of nitrogens with one attached hydrogen (secondary N) is 2. The van der Waals surface area contributed by atoms with Crippen molar-refractivity contribution in [2.24, 2.45) is 0 Å². The smallest absolute Gasteiger partial charge is 0.255 e. The molecular weight excluding hydrogens is 346 g/mol. The summed E-state index contributed by atoms with van der Waals surface area (Å²) in [4.78, 5) is 12.5. The molecule has 0 aliphatic heterocycles. The molecular formula is C20H21N3O4. The van der Waals surface area contributed by atoms with Crippen LogP contribution in [0.5, 0.6) is 11.5 Å². The lowest BCUT2D eigenvalue weighted by atomic mass is 10.1. The van der Waals surface area contributed by atoms with Gasteiger partial charge in [-0.05, 0) is 24.3 Å². The normalized spacial score (nSPS) is 11.6. The average molecular weight is 367 g/mol. The zero-order chi connectivity index (χ0) is 19.1. The number of benzene rings is 2. The number of aliphatic hydroxyl groups is 1. The summed E-state index contributed by atoms with van der Waals surface area (Å²) < 4.78 is 10.7. The number of amides is 1. The maximum Gasteiger partial charge on any atom is 0.255 e. The van der Waals surface area contributed by atoms with E-state index in [1.54, 1.807) is 19.2 Å². The summed E-state index contributed by atoms with van der Waals surface area (Å²) in [6.07, 6.45) is 0.623. The van der Waals surface area contributed by atoms with E-state index in [-0.39, 0.29) is 19.1 Å². The number of hydrogen-bond donors (Lipinski definition) is 3. The first-order chi connectivity index (χ1) is 13.2. The van der Waals surface area contributed by atoms with Gasteiger partial charge in [0.1, 0.15) is 24.2 Å². The third kappa shape index (κ3) is 4.86. The number of aromatic amines is 1. The largest absolute Gasteiger partial charge is 0.497 e. The first-order valence-corrected chi connectivity index (χ1v) is 8.49. The van der Waals surface area contributed by atoms with Crippen molar-refractivity contribution in [1.29, 1.82) is 0 Å². The van der Waals surface area contributed by atoms with Crippen LogP contribution in [0.25, 0.3) is 11.3 Å². The number of methoxy groups -OCH3 is 1. The van der Waals surface area contributed by atoms with E-state index in [9.17, 15) is 9.90 Å². The maximum atomic E-state index is 12.5. The van der Waals surface area contributed by atoms with Gasteiger partial charge in [0.15, 0.2) is 0 Å². The van der Waals surface area contributed by atoms with Gasteiger partial charge in [0.2, 0.25) is 0 Å². The van der Waals surface area contributed by atoms with Gasteiger partial charge in [-0.2, -0.15) is 5.10 Å². The van der Waals surface area contributed by atoms with Crippen molar-refractivity contribution < 1.29 is 19.4 Å². The first kappa shape index (κ1) is 18.5. The lowest BCUT2D eigenvalue weighted by Gasteiger charge is -2.13. The topological polar surface area (TPSA) is 96.5 Å². The lowest BCUT2D eigenvalue weighted by Crippen LogP contribution is -2.35. The highest BCUT2D eigenvalue weighted by Gasteiger charge is 2.17. The fourth-order valence-electron chi connectivity index (χ4n) is 2.53. The molecule has 0 bridgehead atoms. The molecule has 27 heavy (non-hydrogen) atoms. The second-order valence-corrected chi connectivity index (χ2v) is 5.88. The Balaban J connectivity index is 1.58. The van der Waals surface area contributed by atoms with Gasteiger partial charge in [0, 0.05) is 12.1 Å². The highest BCUT2D eigenvalue weighted by molar-refractivity contribution is 5.99. The number of para-hydroxylation sites is 1. The highest BCUT2D eigenvalue weighted by atomic mass is 16.5. The molecule has 7 heteroatoms. The summed E-state index contributed by atoms with van der Waals surface area (Å²) in [5.74, 6) is 1.01. The Hall–Kier alpha value is -3.32. The molecule has 1 heterocycles. The molecule has 0 unspecified atom stereocenters. The Labute approximate surface area is 157 Å². The molecule has 0 saturated heterocycles. The number of rotatable bonds is 8. The van der Waals surface area contributed by atoms with E-state index in [0.29, 0.717) is 22.8 Å². The summed E-state index contributed by atoms with van der Waals surface area (Å²) in [5.41, 5.74) is 1.76. The zero-order valence-electron chi connectivity index (χ0n) is 14.9. The summed E-state index contributed by atoms with van der Waals surface area (Å²) in [7, 11) is 1.58. The van der Waals surface area contributed by atoms with Gasteiger partial charge in [-0.25, -0.2) is 0 Å². The minimum Gasteiger partial charge on any atom is -0.497 e. The minimum atomic E-state index is -0.832. The summed E-state index contributed by atoms with van der Waals surface area (Å²) in [6.45, 7) is 0.146. The number of carbonyl (C=O) groups excluding carboxylic acids is 1. The van der Waals surface area contributed by atoms with Crippen LogP contribution in [0.3, 0.4) is 0 Å². The van der Waals surface area contributed by atoms with Crippen molar-refractivity contribution in [1.82, 2.24) is 15.5 Å². The van der Waals surface area contributed by atoms with Crippen LogP contribution in [-0.4, -0.2) is 47.6 Å². The molecule has 0 aliphatic carbocycles. The van der Waals surface area contributed by atoms with E-state index in [0.717, 1.165) is 5.56 Å². The molecule has 1 amide bonds. The van der Waals surface area contributed by atoms with Crippen molar-refractivity contribution in [3.05, 3.63) is 66.4 Å². The molecule has 1 aromatic heterocycles. The molecule has 7 nitrogen and oxygen atoms in total. The van der Waals surface area contributed by atoms with E-state index in [2.05, 4.69) is 15.5 Å². The number of hydrogen-bond acceptors (Lipinski definition) is 5. The molecule has 140 valence electrons. The first-order valence-electron chi connectivity index (χ1n) is 8.49. The number of aromatic nitrogens is 2. The molecule has 3 aromatic rings. The van der Waals surface area contributed by atoms with Crippen molar-refractivity contribution in [3.8, 4) is 22.8 Å². The SMILES string of the molecule is COc1cccc(-c2[nH]ncc2C(=O)NC[C@H](O)COc2ccccc2)c1. The van der Waals surface area contributed by atoms with E-state index in [1.165, 1.54) is 6.20 Å². The minimum absolute atomic E-state index is 0.0639. The van der Waals surface area contributed by atoms with Crippen LogP contribution in [0.2, 0.25) is 0 Å². The van der Waals surface area contributed by atoms with E-state index >= 15 is 0 Å². The average Bonchev–Trinajstić information content (AvgIpc) is 3.21. The van der Waals surface area contributed by atoms with E-state index in [4.69, 9.17) is 9.47 Å². The van der Waals surface area contributed by atoms with Gasteiger partial charge in [-0.15, -0.1) is 0 Å². The fraction of sp³-hybridized carbons (Fsp3) is 0.200. The maximum absolute atomic E-state index is 12.5. The predicted molar refractivity (Wildman–Crippen MR) is 101 cm³/mol. The summed E-state index contributed by atoms with van der Waals surface area (Å²) >= 11 is 0. The van der Waals surface area contributed by atoms with E-state index < -0.39 is 6.10 Å².